The maximum absolute atomic E-state index is 10.9. The quantitative estimate of drug-likeness (QED) is 0.279. The predicted octanol–water partition coefficient (Wildman–Crippen LogP) is 7.63. The number of phenols is 2. The van der Waals surface area contributed by atoms with Gasteiger partial charge in [0.2, 0.25) is 0 Å². The molecule has 2 aromatic carbocycles. The summed E-state index contributed by atoms with van der Waals surface area (Å²) in [6.45, 7) is 22.5. The van der Waals surface area contributed by atoms with Gasteiger partial charge in [-0.05, 0) is 58.8 Å². The van der Waals surface area contributed by atoms with Gasteiger partial charge in [0, 0.05) is 34.7 Å². The molecule has 0 spiro atoms. The number of aliphatic imine (C=N–C) groups is 2. The summed E-state index contributed by atoms with van der Waals surface area (Å²) in [5.41, 5.74) is 5.56. The molecule has 0 fully saturated rings. The number of hydrogen-bond acceptors (Lipinski definition) is 4. The van der Waals surface area contributed by atoms with Gasteiger partial charge in [0.05, 0.1) is 13.1 Å². The van der Waals surface area contributed by atoms with Crippen LogP contribution in [0.5, 0.6) is 11.5 Å². The molecule has 4 nitrogen and oxygen atoms in total. The van der Waals surface area contributed by atoms with Crippen molar-refractivity contribution in [1.82, 2.24) is 0 Å². The maximum atomic E-state index is 10.9. The van der Waals surface area contributed by atoms with Crippen LogP contribution in [-0.4, -0.2) is 35.7 Å². The molecule has 4 heteroatoms. The van der Waals surface area contributed by atoms with E-state index in [1.807, 2.05) is 12.1 Å². The summed E-state index contributed by atoms with van der Waals surface area (Å²) in [7, 11) is 0. The smallest absolute Gasteiger partial charge is 0.128 e. The molecule has 0 aliphatic heterocycles. The van der Waals surface area contributed by atoms with Gasteiger partial charge in [-0.1, -0.05) is 81.4 Å². The van der Waals surface area contributed by atoms with Crippen molar-refractivity contribution in [3.63, 3.8) is 0 Å². The first-order chi connectivity index (χ1) is 16.6. The SMILES string of the molecule is CC(C)Cc1cc(C=NCCN=Cc2cc(CC(C)C)cc(C(C)(C)C)c2O)c(O)c(C(C)(C)C)c1. The van der Waals surface area contributed by atoms with E-state index in [1.54, 1.807) is 12.4 Å². The van der Waals surface area contributed by atoms with Crippen LogP contribution in [0.2, 0.25) is 0 Å². The van der Waals surface area contributed by atoms with E-state index in [9.17, 15) is 10.2 Å². The first-order valence-electron chi connectivity index (χ1n) is 13.3. The Morgan fingerprint density at radius 1 is 0.639 bits per heavy atom. The molecule has 0 radical (unpaired) electrons. The Kier molecular flexibility index (Phi) is 9.93. The molecule has 0 unspecified atom stereocenters. The van der Waals surface area contributed by atoms with Crippen molar-refractivity contribution in [2.24, 2.45) is 21.8 Å². The van der Waals surface area contributed by atoms with Crippen LogP contribution in [0.25, 0.3) is 0 Å². The van der Waals surface area contributed by atoms with Gasteiger partial charge in [-0.25, -0.2) is 0 Å². The minimum atomic E-state index is -0.151. The Morgan fingerprint density at radius 2 is 0.972 bits per heavy atom. The largest absolute Gasteiger partial charge is 0.507 e. The number of benzene rings is 2. The highest BCUT2D eigenvalue weighted by Gasteiger charge is 2.22. The lowest BCUT2D eigenvalue weighted by atomic mass is 9.83. The first-order valence-corrected chi connectivity index (χ1v) is 13.3. The highest BCUT2D eigenvalue weighted by atomic mass is 16.3. The fourth-order valence-corrected chi connectivity index (χ4v) is 4.40. The van der Waals surface area contributed by atoms with Crippen molar-refractivity contribution in [1.29, 1.82) is 0 Å². The van der Waals surface area contributed by atoms with Crippen molar-refractivity contribution in [3.05, 3.63) is 57.6 Å². The second-order valence-corrected chi connectivity index (χ2v) is 12.9. The van der Waals surface area contributed by atoms with Gasteiger partial charge in [0.25, 0.3) is 0 Å². The predicted molar refractivity (Wildman–Crippen MR) is 156 cm³/mol. The number of hydrogen-bond donors (Lipinski definition) is 2. The fraction of sp³-hybridized carbons (Fsp3) is 0.562. The number of aromatic hydroxyl groups is 2. The van der Waals surface area contributed by atoms with E-state index in [1.165, 1.54) is 11.1 Å². The third-order valence-electron chi connectivity index (χ3n) is 6.12. The van der Waals surface area contributed by atoms with Crippen LogP contribution in [0, 0.1) is 11.8 Å². The summed E-state index contributed by atoms with van der Waals surface area (Å²) >= 11 is 0. The minimum absolute atomic E-state index is 0.151. The minimum Gasteiger partial charge on any atom is -0.507 e. The van der Waals surface area contributed by atoms with Gasteiger partial charge < -0.3 is 10.2 Å². The maximum Gasteiger partial charge on any atom is 0.128 e. The average molecular weight is 493 g/mol. The second kappa shape index (κ2) is 12.1. The summed E-state index contributed by atoms with van der Waals surface area (Å²) in [5.74, 6) is 1.69. The lowest BCUT2D eigenvalue weighted by Gasteiger charge is -2.23. The Labute approximate surface area is 219 Å². The molecule has 0 saturated carbocycles. The summed E-state index contributed by atoms with van der Waals surface area (Å²) in [6, 6.07) is 8.35. The molecule has 0 aliphatic carbocycles. The molecule has 2 rings (SSSR count). The topological polar surface area (TPSA) is 65.2 Å². The van der Waals surface area contributed by atoms with Gasteiger partial charge >= 0.3 is 0 Å². The normalized spacial score (nSPS) is 13.1. The van der Waals surface area contributed by atoms with Crippen LogP contribution in [0.1, 0.15) is 103 Å². The van der Waals surface area contributed by atoms with Crippen LogP contribution < -0.4 is 0 Å². The molecule has 0 aromatic heterocycles. The van der Waals surface area contributed by atoms with Crippen molar-refractivity contribution < 1.29 is 10.2 Å². The van der Waals surface area contributed by atoms with Gasteiger partial charge in [0.1, 0.15) is 11.5 Å². The molecular formula is C32H48N2O2. The zero-order valence-corrected chi connectivity index (χ0v) is 24.2. The van der Waals surface area contributed by atoms with Crippen molar-refractivity contribution in [2.45, 2.75) is 92.9 Å². The number of rotatable bonds is 9. The van der Waals surface area contributed by atoms with Crippen LogP contribution in [0.3, 0.4) is 0 Å². The van der Waals surface area contributed by atoms with Crippen LogP contribution >= 0.6 is 0 Å². The molecule has 0 aliphatic rings. The molecule has 2 N–H and O–H groups in total. The lowest BCUT2D eigenvalue weighted by Crippen LogP contribution is -2.13. The molecule has 198 valence electrons. The zero-order chi connectivity index (χ0) is 27.3. The summed E-state index contributed by atoms with van der Waals surface area (Å²) in [4.78, 5) is 9.10. The molecular weight excluding hydrogens is 444 g/mol. The Balaban J connectivity index is 2.20. The van der Waals surface area contributed by atoms with Gasteiger partial charge in [-0.2, -0.15) is 0 Å². The van der Waals surface area contributed by atoms with E-state index in [2.05, 4.69) is 91.4 Å². The summed E-state index contributed by atoms with van der Waals surface area (Å²) in [6.07, 6.45) is 5.46. The molecule has 2 aromatic rings. The van der Waals surface area contributed by atoms with Gasteiger partial charge in [-0.15, -0.1) is 0 Å². The Hall–Kier alpha value is -2.62. The molecule has 0 bridgehead atoms. The summed E-state index contributed by atoms with van der Waals surface area (Å²) < 4.78 is 0. The standard InChI is InChI=1S/C32H48N2O2/c1-21(2)13-23-15-25(29(35)27(17-23)31(5,6)7)19-33-11-12-34-20-26-16-24(14-22(3)4)18-28(30(26)36)32(8,9)10/h15-22,35-36H,11-14H2,1-10H3. The van der Waals surface area contributed by atoms with Gasteiger partial charge in [0.15, 0.2) is 0 Å². The highest BCUT2D eigenvalue weighted by Crippen LogP contribution is 2.35. The van der Waals surface area contributed by atoms with E-state index in [0.29, 0.717) is 36.4 Å². The number of nitrogens with zero attached hydrogens (tertiary/aromatic N) is 2. The molecule has 0 amide bonds. The van der Waals surface area contributed by atoms with Crippen LogP contribution in [-0.2, 0) is 23.7 Å². The number of phenolic OH excluding ortho intramolecular Hbond substituents is 2. The fourth-order valence-electron chi connectivity index (χ4n) is 4.40. The van der Waals surface area contributed by atoms with E-state index >= 15 is 0 Å². The third-order valence-corrected chi connectivity index (χ3v) is 6.12. The van der Waals surface area contributed by atoms with E-state index in [0.717, 1.165) is 35.1 Å². The van der Waals surface area contributed by atoms with Crippen molar-refractivity contribution in [2.75, 3.05) is 13.1 Å². The molecule has 36 heavy (non-hydrogen) atoms. The monoisotopic (exact) mass is 492 g/mol. The lowest BCUT2D eigenvalue weighted by molar-refractivity contribution is 0.444. The van der Waals surface area contributed by atoms with Gasteiger partial charge in [-0.3, -0.25) is 9.98 Å². The van der Waals surface area contributed by atoms with E-state index in [4.69, 9.17) is 0 Å². The second-order valence-electron chi connectivity index (χ2n) is 12.9. The summed E-state index contributed by atoms with van der Waals surface area (Å²) in [5, 5.41) is 21.8. The highest BCUT2D eigenvalue weighted by molar-refractivity contribution is 5.85. The van der Waals surface area contributed by atoms with E-state index in [-0.39, 0.29) is 10.8 Å². The van der Waals surface area contributed by atoms with E-state index < -0.39 is 0 Å². The van der Waals surface area contributed by atoms with Crippen molar-refractivity contribution in [3.8, 4) is 11.5 Å². The van der Waals surface area contributed by atoms with Crippen LogP contribution in [0.4, 0.5) is 0 Å². The molecule has 0 saturated heterocycles. The zero-order valence-electron chi connectivity index (χ0n) is 24.2. The van der Waals surface area contributed by atoms with Crippen molar-refractivity contribution >= 4 is 12.4 Å². The molecule has 0 atom stereocenters. The van der Waals surface area contributed by atoms with Crippen LogP contribution in [0.15, 0.2) is 34.3 Å². The first kappa shape index (κ1) is 29.6. The average Bonchev–Trinajstić information content (AvgIpc) is 2.71. The molecule has 0 heterocycles. The third kappa shape index (κ3) is 8.50. The Morgan fingerprint density at radius 3 is 1.25 bits per heavy atom. The Bertz CT molecular complexity index is 993.